The number of hydrogen-bond donors (Lipinski definition) is 1. The highest BCUT2D eigenvalue weighted by Gasteiger charge is 2.22. The Morgan fingerprint density at radius 3 is 2.50 bits per heavy atom. The van der Waals surface area contributed by atoms with E-state index in [0.717, 1.165) is 5.56 Å². The zero-order chi connectivity index (χ0) is 10.8. The third-order valence-corrected chi connectivity index (χ3v) is 2.31. The topological polar surface area (TPSA) is 49.8 Å². The van der Waals surface area contributed by atoms with Crippen LogP contribution in [0, 0.1) is 16.7 Å². The molecule has 0 bridgehead atoms. The molecule has 0 fully saturated rings. The summed E-state index contributed by atoms with van der Waals surface area (Å²) in [5.74, 6) is 0. The van der Waals surface area contributed by atoms with Gasteiger partial charge in [0.05, 0.1) is 11.6 Å². The third-order valence-electron chi connectivity index (χ3n) is 2.31. The van der Waals surface area contributed by atoms with Crippen molar-refractivity contribution in [3.8, 4) is 6.07 Å². The first kappa shape index (κ1) is 10.7. The molecule has 1 rings (SSSR count). The number of rotatable bonds is 1. The van der Waals surface area contributed by atoms with Gasteiger partial charge in [-0.2, -0.15) is 5.26 Å². The molecule has 0 radical (unpaired) electrons. The second-order valence-electron chi connectivity index (χ2n) is 4.58. The van der Waals surface area contributed by atoms with E-state index in [0.29, 0.717) is 5.56 Å². The maximum Gasteiger partial charge on any atom is 0.0991 e. The highest BCUT2D eigenvalue weighted by molar-refractivity contribution is 5.34. The number of nitriles is 1. The van der Waals surface area contributed by atoms with Gasteiger partial charge in [-0.05, 0) is 23.1 Å². The summed E-state index contributed by atoms with van der Waals surface area (Å²) < 4.78 is 0. The Labute approximate surface area is 85.4 Å². The fraction of sp³-hybridized carbons (Fsp3) is 0.417. The van der Waals surface area contributed by atoms with E-state index < -0.39 is 0 Å². The quantitative estimate of drug-likeness (QED) is 0.736. The lowest BCUT2D eigenvalue weighted by atomic mass is 9.83. The van der Waals surface area contributed by atoms with Crippen LogP contribution in [-0.4, -0.2) is 0 Å². The minimum atomic E-state index is -0.0317. The molecule has 0 saturated heterocycles. The van der Waals surface area contributed by atoms with Crippen LogP contribution in [0.15, 0.2) is 24.3 Å². The summed E-state index contributed by atoms with van der Waals surface area (Å²) in [5.41, 5.74) is 7.80. The molecule has 0 aliphatic carbocycles. The van der Waals surface area contributed by atoms with Gasteiger partial charge in [0.1, 0.15) is 0 Å². The standard InChI is InChI=1S/C12H16N2/c1-12(2,3)11(14)10-6-4-5-9(7-10)8-13/h4-7,11H,14H2,1-3H3/t11-/m0/s1. The summed E-state index contributed by atoms with van der Waals surface area (Å²) in [6.07, 6.45) is 0. The Kier molecular flexibility index (Phi) is 2.93. The Hall–Kier alpha value is -1.33. The van der Waals surface area contributed by atoms with Crippen molar-refractivity contribution in [1.29, 1.82) is 5.26 Å². The molecular formula is C12H16N2. The van der Waals surface area contributed by atoms with Gasteiger partial charge in [0.25, 0.3) is 0 Å². The molecule has 1 atom stereocenters. The summed E-state index contributed by atoms with van der Waals surface area (Å²) in [6, 6.07) is 9.58. The fourth-order valence-electron chi connectivity index (χ4n) is 1.30. The van der Waals surface area contributed by atoms with Crippen LogP contribution in [-0.2, 0) is 0 Å². The van der Waals surface area contributed by atoms with E-state index in [2.05, 4.69) is 26.8 Å². The molecule has 0 aliphatic rings. The highest BCUT2D eigenvalue weighted by Crippen LogP contribution is 2.30. The Morgan fingerprint density at radius 1 is 1.36 bits per heavy atom. The predicted octanol–water partition coefficient (Wildman–Crippen LogP) is 2.60. The average molecular weight is 188 g/mol. The first-order chi connectivity index (χ1) is 6.45. The van der Waals surface area contributed by atoms with Crippen molar-refractivity contribution in [3.63, 3.8) is 0 Å². The Morgan fingerprint density at radius 2 is 2.00 bits per heavy atom. The molecule has 1 aromatic rings. The predicted molar refractivity (Wildman–Crippen MR) is 57.5 cm³/mol. The van der Waals surface area contributed by atoms with Crippen LogP contribution in [0.3, 0.4) is 0 Å². The van der Waals surface area contributed by atoms with Gasteiger partial charge in [0.2, 0.25) is 0 Å². The van der Waals surface area contributed by atoms with Crippen LogP contribution < -0.4 is 5.73 Å². The molecule has 14 heavy (non-hydrogen) atoms. The van der Waals surface area contributed by atoms with Gasteiger partial charge < -0.3 is 5.73 Å². The van der Waals surface area contributed by atoms with Gasteiger partial charge in [-0.25, -0.2) is 0 Å². The van der Waals surface area contributed by atoms with Gasteiger partial charge in [-0.1, -0.05) is 32.9 Å². The normalized spacial score (nSPS) is 13.4. The monoisotopic (exact) mass is 188 g/mol. The minimum absolute atomic E-state index is 0.0219. The summed E-state index contributed by atoms with van der Waals surface area (Å²) in [7, 11) is 0. The lowest BCUT2D eigenvalue weighted by Crippen LogP contribution is -2.26. The smallest absolute Gasteiger partial charge is 0.0991 e. The van der Waals surface area contributed by atoms with E-state index in [1.54, 1.807) is 6.07 Å². The second-order valence-corrected chi connectivity index (χ2v) is 4.58. The lowest BCUT2D eigenvalue weighted by Gasteiger charge is -2.27. The molecule has 2 heteroatoms. The molecule has 0 saturated carbocycles. The van der Waals surface area contributed by atoms with Gasteiger partial charge in [0, 0.05) is 6.04 Å². The molecule has 0 heterocycles. The van der Waals surface area contributed by atoms with Crippen LogP contribution in [0.5, 0.6) is 0 Å². The van der Waals surface area contributed by atoms with Gasteiger partial charge in [-0.15, -0.1) is 0 Å². The Bertz CT molecular complexity index is 355. The molecule has 0 amide bonds. The number of nitrogens with two attached hydrogens (primary N) is 1. The van der Waals surface area contributed by atoms with E-state index >= 15 is 0 Å². The highest BCUT2D eigenvalue weighted by atomic mass is 14.7. The zero-order valence-corrected chi connectivity index (χ0v) is 8.91. The summed E-state index contributed by atoms with van der Waals surface area (Å²) in [4.78, 5) is 0. The lowest BCUT2D eigenvalue weighted by molar-refractivity contribution is 0.327. The van der Waals surface area contributed by atoms with E-state index in [4.69, 9.17) is 11.0 Å². The van der Waals surface area contributed by atoms with Gasteiger partial charge in [0.15, 0.2) is 0 Å². The Balaban J connectivity index is 3.03. The van der Waals surface area contributed by atoms with Crippen LogP contribution in [0.25, 0.3) is 0 Å². The molecular weight excluding hydrogens is 172 g/mol. The number of benzene rings is 1. The first-order valence-electron chi connectivity index (χ1n) is 4.71. The van der Waals surface area contributed by atoms with Gasteiger partial charge in [-0.3, -0.25) is 0 Å². The van der Waals surface area contributed by atoms with Crippen LogP contribution >= 0.6 is 0 Å². The van der Waals surface area contributed by atoms with E-state index in [-0.39, 0.29) is 11.5 Å². The van der Waals surface area contributed by atoms with Crippen molar-refractivity contribution in [2.24, 2.45) is 11.1 Å². The number of hydrogen-bond acceptors (Lipinski definition) is 2. The van der Waals surface area contributed by atoms with Crippen LogP contribution in [0.1, 0.15) is 37.9 Å². The van der Waals surface area contributed by atoms with E-state index in [1.165, 1.54) is 0 Å². The van der Waals surface area contributed by atoms with Crippen molar-refractivity contribution >= 4 is 0 Å². The maximum atomic E-state index is 8.76. The first-order valence-corrected chi connectivity index (χ1v) is 4.71. The summed E-state index contributed by atoms with van der Waals surface area (Å²) in [5, 5.41) is 8.76. The SMILES string of the molecule is CC(C)(C)[C@@H](N)c1cccc(C#N)c1. The molecule has 0 aliphatic heterocycles. The zero-order valence-electron chi connectivity index (χ0n) is 8.91. The third kappa shape index (κ3) is 2.34. The van der Waals surface area contributed by atoms with E-state index in [9.17, 15) is 0 Å². The molecule has 2 N–H and O–H groups in total. The average Bonchev–Trinajstić information content (AvgIpc) is 2.15. The molecule has 1 aromatic carbocycles. The van der Waals surface area contributed by atoms with Crippen molar-refractivity contribution < 1.29 is 0 Å². The second kappa shape index (κ2) is 3.81. The van der Waals surface area contributed by atoms with Crippen LogP contribution in [0.2, 0.25) is 0 Å². The molecule has 74 valence electrons. The van der Waals surface area contributed by atoms with Crippen LogP contribution in [0.4, 0.5) is 0 Å². The minimum Gasteiger partial charge on any atom is -0.324 e. The maximum absolute atomic E-state index is 8.76. The molecule has 0 unspecified atom stereocenters. The molecule has 2 nitrogen and oxygen atoms in total. The van der Waals surface area contributed by atoms with Crippen molar-refractivity contribution in [3.05, 3.63) is 35.4 Å². The van der Waals surface area contributed by atoms with E-state index in [1.807, 2.05) is 18.2 Å². The number of nitrogens with zero attached hydrogens (tertiary/aromatic N) is 1. The van der Waals surface area contributed by atoms with Gasteiger partial charge >= 0.3 is 0 Å². The summed E-state index contributed by atoms with van der Waals surface area (Å²) >= 11 is 0. The fourth-order valence-corrected chi connectivity index (χ4v) is 1.30. The van der Waals surface area contributed by atoms with Crippen molar-refractivity contribution in [1.82, 2.24) is 0 Å². The van der Waals surface area contributed by atoms with Crippen molar-refractivity contribution in [2.45, 2.75) is 26.8 Å². The molecule has 0 spiro atoms. The largest absolute Gasteiger partial charge is 0.324 e. The summed E-state index contributed by atoms with van der Waals surface area (Å²) in [6.45, 7) is 6.28. The molecule has 0 aromatic heterocycles. The van der Waals surface area contributed by atoms with Crippen molar-refractivity contribution in [2.75, 3.05) is 0 Å².